The average molecular weight is 260 g/mol. The minimum Gasteiger partial charge on any atom is -0.338 e. The lowest BCUT2D eigenvalue weighted by Crippen LogP contribution is -2.26. The van der Waals surface area contributed by atoms with Crippen molar-refractivity contribution >= 4 is 5.95 Å². The first-order valence-corrected chi connectivity index (χ1v) is 6.23. The fourth-order valence-corrected chi connectivity index (χ4v) is 2.19. The first-order chi connectivity index (χ1) is 9.13. The monoisotopic (exact) mass is 260 g/mol. The zero-order valence-corrected chi connectivity index (χ0v) is 10.7. The molecule has 3 rings (SSSR count). The molecule has 1 atom stereocenters. The Balaban J connectivity index is 1.88. The van der Waals surface area contributed by atoms with Crippen LogP contribution in [0.2, 0.25) is 0 Å². The van der Waals surface area contributed by atoms with Gasteiger partial charge in [-0.25, -0.2) is 0 Å². The lowest BCUT2D eigenvalue weighted by atomic mass is 10.2. The summed E-state index contributed by atoms with van der Waals surface area (Å²) in [5.41, 5.74) is 6.54. The van der Waals surface area contributed by atoms with Crippen LogP contribution in [0.25, 0.3) is 11.4 Å². The van der Waals surface area contributed by atoms with Crippen LogP contribution in [0.1, 0.15) is 6.42 Å². The van der Waals surface area contributed by atoms with Gasteiger partial charge in [-0.3, -0.25) is 9.89 Å². The third kappa shape index (κ3) is 2.24. The molecule has 0 radical (unpaired) electrons. The zero-order valence-electron chi connectivity index (χ0n) is 10.7. The number of aromatic nitrogens is 4. The number of H-pyrrole nitrogens is 1. The molecule has 100 valence electrons. The quantitative estimate of drug-likeness (QED) is 0.774. The van der Waals surface area contributed by atoms with Gasteiger partial charge in [0.15, 0.2) is 5.82 Å². The molecule has 2 aromatic rings. The largest absolute Gasteiger partial charge is 0.338 e. The van der Waals surface area contributed by atoms with Crippen LogP contribution in [0.4, 0.5) is 5.95 Å². The van der Waals surface area contributed by atoms with Crippen LogP contribution < -0.4 is 16.2 Å². The Morgan fingerprint density at radius 3 is 3.05 bits per heavy atom. The van der Waals surface area contributed by atoms with E-state index in [4.69, 9.17) is 5.73 Å². The Morgan fingerprint density at radius 2 is 2.37 bits per heavy atom. The summed E-state index contributed by atoms with van der Waals surface area (Å²) in [4.78, 5) is 18.1. The molecule has 3 heterocycles. The number of anilines is 1. The highest BCUT2D eigenvalue weighted by molar-refractivity contribution is 5.55. The van der Waals surface area contributed by atoms with Crippen LogP contribution in [-0.2, 0) is 7.05 Å². The molecule has 0 saturated carbocycles. The Bertz CT molecular complexity index is 646. The van der Waals surface area contributed by atoms with Crippen LogP contribution in [0.5, 0.6) is 0 Å². The fraction of sp³-hybridized carbons (Fsp3) is 0.417. The van der Waals surface area contributed by atoms with Gasteiger partial charge in [-0.1, -0.05) is 0 Å². The summed E-state index contributed by atoms with van der Waals surface area (Å²) in [5.74, 6) is 1.25. The van der Waals surface area contributed by atoms with Crippen LogP contribution in [0.3, 0.4) is 0 Å². The topological polar surface area (TPSA) is 92.8 Å². The SMILES string of the molecule is Cn1ccc(-c2nc(N3CCC(N)C3)n[nH]2)cc1=O. The van der Waals surface area contributed by atoms with Gasteiger partial charge in [0.25, 0.3) is 5.56 Å². The van der Waals surface area contributed by atoms with E-state index in [0.29, 0.717) is 11.8 Å². The molecule has 2 aromatic heterocycles. The van der Waals surface area contributed by atoms with Gasteiger partial charge in [0.2, 0.25) is 5.95 Å². The molecule has 0 bridgehead atoms. The van der Waals surface area contributed by atoms with Crippen molar-refractivity contribution in [2.45, 2.75) is 12.5 Å². The molecule has 1 aliphatic rings. The highest BCUT2D eigenvalue weighted by Gasteiger charge is 2.22. The first-order valence-electron chi connectivity index (χ1n) is 6.23. The van der Waals surface area contributed by atoms with Crippen LogP contribution in [0.15, 0.2) is 23.1 Å². The number of nitrogens with one attached hydrogen (secondary N) is 1. The van der Waals surface area contributed by atoms with Crippen molar-refractivity contribution < 1.29 is 0 Å². The summed E-state index contributed by atoms with van der Waals surface area (Å²) in [6, 6.07) is 3.56. The maximum atomic E-state index is 11.6. The van der Waals surface area contributed by atoms with Crippen molar-refractivity contribution in [3.8, 4) is 11.4 Å². The van der Waals surface area contributed by atoms with E-state index >= 15 is 0 Å². The van der Waals surface area contributed by atoms with Gasteiger partial charge in [0.05, 0.1) is 0 Å². The smallest absolute Gasteiger partial charge is 0.250 e. The average Bonchev–Trinajstić information content (AvgIpc) is 3.01. The Morgan fingerprint density at radius 1 is 1.53 bits per heavy atom. The Hall–Kier alpha value is -2.15. The molecule has 0 amide bonds. The lowest BCUT2D eigenvalue weighted by Gasteiger charge is -2.11. The zero-order chi connectivity index (χ0) is 13.4. The molecular formula is C12H16N6O. The second kappa shape index (κ2) is 4.51. The highest BCUT2D eigenvalue weighted by atomic mass is 16.1. The molecule has 1 saturated heterocycles. The van der Waals surface area contributed by atoms with Crippen molar-refractivity contribution in [1.82, 2.24) is 19.7 Å². The van der Waals surface area contributed by atoms with E-state index in [2.05, 4.69) is 15.2 Å². The molecule has 3 N–H and O–H groups in total. The second-order valence-corrected chi connectivity index (χ2v) is 4.84. The molecule has 7 nitrogen and oxygen atoms in total. The summed E-state index contributed by atoms with van der Waals surface area (Å²) in [6.45, 7) is 1.64. The van der Waals surface area contributed by atoms with Gasteiger partial charge < -0.3 is 15.2 Å². The molecule has 7 heteroatoms. The Kier molecular flexibility index (Phi) is 2.83. The number of rotatable bonds is 2. The maximum Gasteiger partial charge on any atom is 0.250 e. The van der Waals surface area contributed by atoms with E-state index in [1.807, 2.05) is 11.0 Å². The standard InChI is InChI=1S/C12H16N6O/c1-17-4-2-8(6-10(17)19)11-14-12(16-15-11)18-5-3-9(13)7-18/h2,4,6,9H,3,5,7,13H2,1H3,(H,14,15,16). The molecule has 1 fully saturated rings. The Labute approximate surface area is 110 Å². The number of aryl methyl sites for hydroxylation is 1. The molecule has 0 aromatic carbocycles. The first kappa shape index (κ1) is 11.9. The lowest BCUT2D eigenvalue weighted by molar-refractivity contribution is 0.750. The third-order valence-corrected chi connectivity index (χ3v) is 3.36. The summed E-state index contributed by atoms with van der Waals surface area (Å²) in [5, 5.41) is 7.06. The van der Waals surface area contributed by atoms with Crippen molar-refractivity contribution in [2.24, 2.45) is 12.8 Å². The predicted octanol–water partition coefficient (Wildman–Crippen LogP) is -0.292. The molecule has 1 unspecified atom stereocenters. The van der Waals surface area contributed by atoms with E-state index in [1.165, 1.54) is 4.57 Å². The third-order valence-electron chi connectivity index (χ3n) is 3.36. The van der Waals surface area contributed by atoms with Gasteiger partial charge in [0, 0.05) is 44.0 Å². The van der Waals surface area contributed by atoms with Gasteiger partial charge in [-0.05, 0) is 12.5 Å². The fourth-order valence-electron chi connectivity index (χ4n) is 2.19. The van der Waals surface area contributed by atoms with E-state index in [1.54, 1.807) is 19.3 Å². The molecule has 19 heavy (non-hydrogen) atoms. The van der Waals surface area contributed by atoms with Gasteiger partial charge in [-0.2, -0.15) is 4.98 Å². The van der Waals surface area contributed by atoms with E-state index in [9.17, 15) is 4.79 Å². The van der Waals surface area contributed by atoms with Gasteiger partial charge in [0.1, 0.15) is 0 Å². The number of pyridine rings is 1. The van der Waals surface area contributed by atoms with Crippen molar-refractivity contribution in [1.29, 1.82) is 0 Å². The van der Waals surface area contributed by atoms with E-state index in [-0.39, 0.29) is 11.6 Å². The molecule has 1 aliphatic heterocycles. The van der Waals surface area contributed by atoms with Crippen molar-refractivity contribution in [2.75, 3.05) is 18.0 Å². The second-order valence-electron chi connectivity index (χ2n) is 4.84. The number of hydrogen-bond acceptors (Lipinski definition) is 5. The minimum absolute atomic E-state index is 0.0707. The predicted molar refractivity (Wildman–Crippen MR) is 71.9 cm³/mol. The van der Waals surface area contributed by atoms with Gasteiger partial charge >= 0.3 is 0 Å². The van der Waals surface area contributed by atoms with Crippen LogP contribution >= 0.6 is 0 Å². The van der Waals surface area contributed by atoms with Crippen molar-refractivity contribution in [3.63, 3.8) is 0 Å². The van der Waals surface area contributed by atoms with Crippen molar-refractivity contribution in [3.05, 3.63) is 28.7 Å². The minimum atomic E-state index is -0.0707. The number of hydrogen-bond donors (Lipinski definition) is 2. The highest BCUT2D eigenvalue weighted by Crippen LogP contribution is 2.19. The maximum absolute atomic E-state index is 11.6. The summed E-state index contributed by atoms with van der Waals surface area (Å²) in [7, 11) is 1.71. The molecular weight excluding hydrogens is 244 g/mol. The molecule has 0 spiro atoms. The normalized spacial score (nSPS) is 19.1. The van der Waals surface area contributed by atoms with Gasteiger partial charge in [-0.15, -0.1) is 5.10 Å². The van der Waals surface area contributed by atoms with E-state index in [0.717, 1.165) is 25.1 Å². The number of aromatic amines is 1. The van der Waals surface area contributed by atoms with E-state index < -0.39 is 0 Å². The summed E-state index contributed by atoms with van der Waals surface area (Å²) < 4.78 is 1.51. The summed E-state index contributed by atoms with van der Waals surface area (Å²) >= 11 is 0. The van der Waals surface area contributed by atoms with Crippen LogP contribution in [-0.4, -0.2) is 38.9 Å². The van der Waals surface area contributed by atoms with Crippen LogP contribution in [0, 0.1) is 0 Å². The number of nitrogens with two attached hydrogens (primary N) is 1. The molecule has 0 aliphatic carbocycles. The summed E-state index contributed by atoms with van der Waals surface area (Å²) in [6.07, 6.45) is 2.67. The number of nitrogens with zero attached hydrogens (tertiary/aromatic N) is 4.